The van der Waals surface area contributed by atoms with Crippen LogP contribution in [-0.2, 0) is 0 Å². The van der Waals surface area contributed by atoms with Crippen molar-refractivity contribution in [3.8, 4) is 5.75 Å². The second-order valence-electron chi connectivity index (χ2n) is 3.65. The highest BCUT2D eigenvalue weighted by Crippen LogP contribution is 2.21. The van der Waals surface area contributed by atoms with E-state index in [1.165, 1.54) is 0 Å². The van der Waals surface area contributed by atoms with Gasteiger partial charge < -0.3 is 10.5 Å². The zero-order valence-corrected chi connectivity index (χ0v) is 9.29. The summed E-state index contributed by atoms with van der Waals surface area (Å²) < 4.78 is 19.1. The van der Waals surface area contributed by atoms with Crippen molar-refractivity contribution in [3.05, 3.63) is 29.6 Å². The van der Waals surface area contributed by atoms with Crippen molar-refractivity contribution in [3.63, 3.8) is 0 Å². The molecule has 1 aromatic rings. The van der Waals surface area contributed by atoms with E-state index in [-0.39, 0.29) is 11.9 Å². The summed E-state index contributed by atoms with van der Waals surface area (Å²) in [4.78, 5) is 0. The van der Waals surface area contributed by atoms with Crippen LogP contribution in [0.15, 0.2) is 18.2 Å². The second-order valence-corrected chi connectivity index (χ2v) is 3.65. The van der Waals surface area contributed by atoms with E-state index in [1.807, 2.05) is 0 Å². The smallest absolute Gasteiger partial charge is 0.167 e. The van der Waals surface area contributed by atoms with Crippen molar-refractivity contribution in [1.82, 2.24) is 0 Å². The first-order valence-electron chi connectivity index (χ1n) is 5.30. The number of benzene rings is 1. The highest BCUT2D eigenvalue weighted by atomic mass is 19.1. The molecule has 1 unspecified atom stereocenters. The Balaban J connectivity index is 2.74. The summed E-state index contributed by atoms with van der Waals surface area (Å²) in [6, 6.07) is 5.15. The summed E-state index contributed by atoms with van der Waals surface area (Å²) in [6.07, 6.45) is 1.74. The molecule has 1 atom stereocenters. The number of rotatable bonds is 5. The van der Waals surface area contributed by atoms with E-state index in [9.17, 15) is 4.39 Å². The Morgan fingerprint density at radius 1 is 1.47 bits per heavy atom. The van der Waals surface area contributed by atoms with Crippen LogP contribution in [0, 0.1) is 12.7 Å². The normalized spacial score (nSPS) is 12.5. The van der Waals surface area contributed by atoms with Crippen LogP contribution in [0.1, 0.15) is 25.3 Å². The molecule has 1 aromatic carbocycles. The van der Waals surface area contributed by atoms with Gasteiger partial charge >= 0.3 is 0 Å². The molecule has 0 aliphatic rings. The fourth-order valence-electron chi connectivity index (χ4n) is 1.44. The van der Waals surface area contributed by atoms with E-state index in [4.69, 9.17) is 10.5 Å². The van der Waals surface area contributed by atoms with Crippen LogP contribution < -0.4 is 10.5 Å². The van der Waals surface area contributed by atoms with Crippen molar-refractivity contribution < 1.29 is 9.13 Å². The van der Waals surface area contributed by atoms with Gasteiger partial charge in [-0.1, -0.05) is 25.5 Å². The molecule has 2 nitrogen and oxygen atoms in total. The Morgan fingerprint density at radius 2 is 2.20 bits per heavy atom. The van der Waals surface area contributed by atoms with Gasteiger partial charge in [0.2, 0.25) is 0 Å². The standard InChI is InChI=1S/C12H18FNO/c1-3-5-10(8-14)15-11-7-4-6-9(2)12(11)13/h4,6-7,10H,3,5,8,14H2,1-2H3. The highest BCUT2D eigenvalue weighted by Gasteiger charge is 2.11. The van der Waals surface area contributed by atoms with Gasteiger partial charge in [0.1, 0.15) is 6.10 Å². The number of halogens is 1. The molecule has 0 heterocycles. The van der Waals surface area contributed by atoms with Crippen molar-refractivity contribution in [1.29, 1.82) is 0 Å². The van der Waals surface area contributed by atoms with E-state index >= 15 is 0 Å². The summed E-state index contributed by atoms with van der Waals surface area (Å²) in [6.45, 7) is 4.19. The van der Waals surface area contributed by atoms with E-state index in [0.717, 1.165) is 12.8 Å². The first kappa shape index (κ1) is 12.0. The van der Waals surface area contributed by atoms with Crippen LogP contribution in [-0.4, -0.2) is 12.6 Å². The first-order chi connectivity index (χ1) is 7.19. The molecule has 1 rings (SSSR count). The van der Waals surface area contributed by atoms with Crippen LogP contribution in [0.25, 0.3) is 0 Å². The SMILES string of the molecule is CCCC(CN)Oc1cccc(C)c1F. The molecule has 0 bridgehead atoms. The van der Waals surface area contributed by atoms with Crippen LogP contribution in [0.5, 0.6) is 5.75 Å². The van der Waals surface area contributed by atoms with Gasteiger partial charge in [-0.25, -0.2) is 4.39 Å². The molecule has 0 radical (unpaired) electrons. The molecule has 2 N–H and O–H groups in total. The van der Waals surface area contributed by atoms with E-state index in [1.54, 1.807) is 25.1 Å². The van der Waals surface area contributed by atoms with Gasteiger partial charge in [-0.05, 0) is 25.0 Å². The van der Waals surface area contributed by atoms with E-state index in [2.05, 4.69) is 6.92 Å². The number of hydrogen-bond acceptors (Lipinski definition) is 2. The van der Waals surface area contributed by atoms with Gasteiger partial charge in [0.05, 0.1) is 0 Å². The largest absolute Gasteiger partial charge is 0.486 e. The maximum atomic E-state index is 13.6. The zero-order chi connectivity index (χ0) is 11.3. The van der Waals surface area contributed by atoms with Crippen molar-refractivity contribution in [2.75, 3.05) is 6.54 Å². The fourth-order valence-corrected chi connectivity index (χ4v) is 1.44. The maximum absolute atomic E-state index is 13.6. The Bertz CT molecular complexity index is 314. The Hall–Kier alpha value is -1.09. The lowest BCUT2D eigenvalue weighted by Gasteiger charge is -2.17. The summed E-state index contributed by atoms with van der Waals surface area (Å²) in [5, 5.41) is 0. The Labute approximate surface area is 90.2 Å². The molecule has 0 aliphatic carbocycles. The lowest BCUT2D eigenvalue weighted by atomic mass is 10.2. The predicted octanol–water partition coefficient (Wildman–Crippen LogP) is 2.64. The third kappa shape index (κ3) is 3.20. The topological polar surface area (TPSA) is 35.2 Å². The summed E-state index contributed by atoms with van der Waals surface area (Å²) in [5.74, 6) is 0.0194. The number of hydrogen-bond donors (Lipinski definition) is 1. The molecular weight excluding hydrogens is 193 g/mol. The molecule has 84 valence electrons. The second kappa shape index (κ2) is 5.71. The number of aryl methyl sites for hydroxylation is 1. The average molecular weight is 211 g/mol. The summed E-state index contributed by atoms with van der Waals surface area (Å²) in [5.41, 5.74) is 6.14. The van der Waals surface area contributed by atoms with E-state index in [0.29, 0.717) is 17.9 Å². The average Bonchev–Trinajstić information content (AvgIpc) is 2.24. The number of ether oxygens (including phenoxy) is 1. The van der Waals surface area contributed by atoms with Gasteiger partial charge in [0.15, 0.2) is 11.6 Å². The third-order valence-electron chi connectivity index (χ3n) is 2.32. The molecule has 0 aromatic heterocycles. The minimum absolute atomic E-state index is 0.0914. The van der Waals surface area contributed by atoms with Crippen LogP contribution >= 0.6 is 0 Å². The fraction of sp³-hybridized carbons (Fsp3) is 0.500. The first-order valence-corrected chi connectivity index (χ1v) is 5.30. The van der Waals surface area contributed by atoms with E-state index < -0.39 is 0 Å². The molecular formula is C12H18FNO. The van der Waals surface area contributed by atoms with Gasteiger partial charge in [-0.15, -0.1) is 0 Å². The van der Waals surface area contributed by atoms with Gasteiger partial charge in [0, 0.05) is 6.54 Å². The Kier molecular flexibility index (Phi) is 4.56. The predicted molar refractivity (Wildman–Crippen MR) is 59.5 cm³/mol. The highest BCUT2D eigenvalue weighted by molar-refractivity contribution is 5.30. The zero-order valence-electron chi connectivity index (χ0n) is 9.29. The molecule has 0 saturated carbocycles. The quantitative estimate of drug-likeness (QED) is 0.812. The van der Waals surface area contributed by atoms with Gasteiger partial charge in [-0.2, -0.15) is 0 Å². The number of nitrogens with two attached hydrogens (primary N) is 1. The van der Waals surface area contributed by atoms with Crippen LogP contribution in [0.4, 0.5) is 4.39 Å². The van der Waals surface area contributed by atoms with Crippen LogP contribution in [0.3, 0.4) is 0 Å². The third-order valence-corrected chi connectivity index (χ3v) is 2.32. The van der Waals surface area contributed by atoms with Gasteiger partial charge in [-0.3, -0.25) is 0 Å². The van der Waals surface area contributed by atoms with Crippen molar-refractivity contribution >= 4 is 0 Å². The monoisotopic (exact) mass is 211 g/mol. The maximum Gasteiger partial charge on any atom is 0.167 e. The summed E-state index contributed by atoms with van der Waals surface area (Å²) in [7, 11) is 0. The van der Waals surface area contributed by atoms with Crippen LogP contribution in [0.2, 0.25) is 0 Å². The lowest BCUT2D eigenvalue weighted by molar-refractivity contribution is 0.189. The minimum Gasteiger partial charge on any atom is -0.486 e. The Morgan fingerprint density at radius 3 is 2.80 bits per heavy atom. The van der Waals surface area contributed by atoms with Gasteiger partial charge in [0.25, 0.3) is 0 Å². The van der Waals surface area contributed by atoms with Crippen molar-refractivity contribution in [2.24, 2.45) is 5.73 Å². The molecule has 0 amide bonds. The minimum atomic E-state index is -0.285. The molecule has 0 aliphatic heterocycles. The molecule has 0 fully saturated rings. The van der Waals surface area contributed by atoms with Crippen molar-refractivity contribution in [2.45, 2.75) is 32.8 Å². The lowest BCUT2D eigenvalue weighted by Crippen LogP contribution is -2.26. The molecule has 0 spiro atoms. The molecule has 0 saturated heterocycles. The molecule has 15 heavy (non-hydrogen) atoms. The summed E-state index contributed by atoms with van der Waals surface area (Å²) >= 11 is 0. The molecule has 3 heteroatoms.